The van der Waals surface area contributed by atoms with Gasteiger partial charge in [0.15, 0.2) is 11.5 Å². The number of benzene rings is 1. The Balaban J connectivity index is 1.44. The van der Waals surface area contributed by atoms with Crippen LogP contribution in [-0.4, -0.2) is 31.1 Å². The van der Waals surface area contributed by atoms with Crippen molar-refractivity contribution in [3.05, 3.63) is 48.4 Å². The molecule has 7 nitrogen and oxygen atoms in total. The van der Waals surface area contributed by atoms with E-state index in [1.807, 2.05) is 6.07 Å². The van der Waals surface area contributed by atoms with Crippen molar-refractivity contribution in [3.63, 3.8) is 0 Å². The fraction of sp³-hybridized carbons (Fsp3) is 0.250. The van der Waals surface area contributed by atoms with E-state index in [1.54, 1.807) is 30.3 Å². The molecule has 0 aliphatic carbocycles. The second-order valence-electron chi connectivity index (χ2n) is 4.94. The average molecular weight is 316 g/mol. The average Bonchev–Trinajstić information content (AvgIpc) is 3.11. The van der Waals surface area contributed by atoms with E-state index in [2.05, 4.69) is 10.6 Å². The molecule has 2 aromatic rings. The first-order chi connectivity index (χ1) is 11.2. The standard InChI is InChI=1S/C16H16N2O5/c19-15(17-8-11-4-3-7-21-11)9-18-16(20)14-10-22-12-5-1-2-6-13(12)23-14/h1-7,14H,8-10H2,(H,17,19)(H,18,20). The van der Waals surface area contributed by atoms with Crippen LogP contribution >= 0.6 is 0 Å². The quantitative estimate of drug-likeness (QED) is 0.853. The molecular weight excluding hydrogens is 300 g/mol. The molecule has 3 rings (SSSR count). The smallest absolute Gasteiger partial charge is 0.265 e. The number of amides is 2. The monoisotopic (exact) mass is 316 g/mol. The van der Waals surface area contributed by atoms with Crippen molar-refractivity contribution in [2.75, 3.05) is 13.2 Å². The highest BCUT2D eigenvalue weighted by molar-refractivity contribution is 5.87. The van der Waals surface area contributed by atoms with E-state index in [9.17, 15) is 9.59 Å². The van der Waals surface area contributed by atoms with E-state index in [0.717, 1.165) is 0 Å². The summed E-state index contributed by atoms with van der Waals surface area (Å²) in [5, 5.41) is 5.17. The highest BCUT2D eigenvalue weighted by atomic mass is 16.6. The lowest BCUT2D eigenvalue weighted by Gasteiger charge is -2.25. The van der Waals surface area contributed by atoms with E-state index in [4.69, 9.17) is 13.9 Å². The normalized spacial score (nSPS) is 15.7. The van der Waals surface area contributed by atoms with Gasteiger partial charge in [0.05, 0.1) is 19.4 Å². The largest absolute Gasteiger partial charge is 0.485 e. The first-order valence-corrected chi connectivity index (χ1v) is 7.17. The number of fused-ring (bicyclic) bond motifs is 1. The van der Waals surface area contributed by atoms with Crippen molar-refractivity contribution in [1.82, 2.24) is 10.6 Å². The minimum Gasteiger partial charge on any atom is -0.485 e. The number of para-hydroxylation sites is 2. The first-order valence-electron chi connectivity index (χ1n) is 7.17. The number of carbonyl (C=O) groups excluding carboxylic acids is 2. The van der Waals surface area contributed by atoms with E-state index in [1.165, 1.54) is 6.26 Å². The molecule has 120 valence electrons. The Hall–Kier alpha value is -2.96. The summed E-state index contributed by atoms with van der Waals surface area (Å²) in [6.07, 6.45) is 0.754. The van der Waals surface area contributed by atoms with Crippen LogP contribution in [0.3, 0.4) is 0 Å². The number of carbonyl (C=O) groups is 2. The number of furan rings is 1. The molecule has 7 heteroatoms. The molecule has 1 atom stereocenters. The zero-order valence-electron chi connectivity index (χ0n) is 12.3. The van der Waals surface area contributed by atoms with Crippen molar-refractivity contribution >= 4 is 11.8 Å². The van der Waals surface area contributed by atoms with Crippen LogP contribution in [0.5, 0.6) is 11.5 Å². The fourth-order valence-corrected chi connectivity index (χ4v) is 2.09. The molecule has 2 N–H and O–H groups in total. The number of ether oxygens (including phenoxy) is 2. The van der Waals surface area contributed by atoms with E-state index < -0.39 is 12.0 Å². The van der Waals surface area contributed by atoms with Gasteiger partial charge in [0.25, 0.3) is 5.91 Å². The van der Waals surface area contributed by atoms with E-state index >= 15 is 0 Å². The molecule has 0 radical (unpaired) electrons. The highest BCUT2D eigenvalue weighted by Gasteiger charge is 2.27. The van der Waals surface area contributed by atoms with Gasteiger partial charge >= 0.3 is 0 Å². The molecule has 0 spiro atoms. The Morgan fingerprint density at radius 1 is 1.09 bits per heavy atom. The Bertz CT molecular complexity index is 684. The molecule has 1 aliphatic heterocycles. The van der Waals surface area contributed by atoms with Gasteiger partial charge in [-0.2, -0.15) is 0 Å². The summed E-state index contributed by atoms with van der Waals surface area (Å²) in [4.78, 5) is 23.7. The summed E-state index contributed by atoms with van der Waals surface area (Å²) in [6, 6.07) is 10.6. The second-order valence-corrected chi connectivity index (χ2v) is 4.94. The van der Waals surface area contributed by atoms with Crippen LogP contribution in [0, 0.1) is 0 Å². The number of rotatable bonds is 5. The van der Waals surface area contributed by atoms with Gasteiger partial charge in [0.2, 0.25) is 12.0 Å². The molecule has 0 fully saturated rings. The molecule has 0 bridgehead atoms. The van der Waals surface area contributed by atoms with Crippen molar-refractivity contribution in [3.8, 4) is 11.5 Å². The summed E-state index contributed by atoms with van der Waals surface area (Å²) in [5.74, 6) is 1.05. The van der Waals surface area contributed by atoms with Crippen molar-refractivity contribution < 1.29 is 23.5 Å². The number of nitrogens with one attached hydrogen (secondary N) is 2. The summed E-state index contributed by atoms with van der Waals surface area (Å²) in [6.45, 7) is 0.246. The van der Waals surface area contributed by atoms with Crippen molar-refractivity contribution in [2.45, 2.75) is 12.6 Å². The van der Waals surface area contributed by atoms with Crippen LogP contribution < -0.4 is 20.1 Å². The fourth-order valence-electron chi connectivity index (χ4n) is 2.09. The lowest BCUT2D eigenvalue weighted by molar-refractivity contribution is -0.132. The molecular formula is C16H16N2O5. The predicted octanol–water partition coefficient (Wildman–Crippen LogP) is 0.852. The van der Waals surface area contributed by atoms with Gasteiger partial charge in [-0.1, -0.05) is 12.1 Å². The van der Waals surface area contributed by atoms with Gasteiger partial charge in [-0.15, -0.1) is 0 Å². The maximum atomic E-state index is 12.0. The summed E-state index contributed by atoms with van der Waals surface area (Å²) in [5.41, 5.74) is 0. The minimum atomic E-state index is -0.775. The second kappa shape index (κ2) is 6.87. The van der Waals surface area contributed by atoms with Gasteiger partial charge in [-0.3, -0.25) is 9.59 Å². The van der Waals surface area contributed by atoms with Crippen LogP contribution in [0.25, 0.3) is 0 Å². The topological polar surface area (TPSA) is 89.8 Å². The van der Waals surface area contributed by atoms with Crippen molar-refractivity contribution in [2.24, 2.45) is 0 Å². The van der Waals surface area contributed by atoms with Crippen LogP contribution in [0.1, 0.15) is 5.76 Å². The molecule has 0 saturated heterocycles. The van der Waals surface area contributed by atoms with Gasteiger partial charge in [-0.05, 0) is 24.3 Å². The van der Waals surface area contributed by atoms with E-state index in [0.29, 0.717) is 17.3 Å². The van der Waals surface area contributed by atoms with Gasteiger partial charge < -0.3 is 24.5 Å². The molecule has 2 amide bonds. The van der Waals surface area contributed by atoms with Crippen molar-refractivity contribution in [1.29, 1.82) is 0 Å². The maximum Gasteiger partial charge on any atom is 0.265 e. The summed E-state index contributed by atoms with van der Waals surface area (Å²) in [7, 11) is 0. The molecule has 1 aliphatic rings. The van der Waals surface area contributed by atoms with Crippen LogP contribution in [-0.2, 0) is 16.1 Å². The molecule has 2 heterocycles. The Kier molecular flexibility index (Phi) is 4.46. The molecule has 1 aromatic heterocycles. The zero-order chi connectivity index (χ0) is 16.1. The first kappa shape index (κ1) is 15.0. The SMILES string of the molecule is O=C(CNC(=O)C1COc2ccccc2O1)NCc1ccco1. The molecule has 0 saturated carbocycles. The highest BCUT2D eigenvalue weighted by Crippen LogP contribution is 2.30. The molecule has 1 aromatic carbocycles. The lowest BCUT2D eigenvalue weighted by Crippen LogP contribution is -2.46. The maximum absolute atomic E-state index is 12.0. The third-order valence-corrected chi connectivity index (χ3v) is 3.26. The lowest BCUT2D eigenvalue weighted by atomic mass is 10.2. The van der Waals surface area contributed by atoms with Crippen LogP contribution in [0.15, 0.2) is 47.1 Å². The number of hydrogen-bond acceptors (Lipinski definition) is 5. The summed E-state index contributed by atoms with van der Waals surface area (Å²) >= 11 is 0. The van der Waals surface area contributed by atoms with Crippen LogP contribution in [0.2, 0.25) is 0 Å². The number of hydrogen-bond donors (Lipinski definition) is 2. The van der Waals surface area contributed by atoms with Crippen LogP contribution in [0.4, 0.5) is 0 Å². The third-order valence-electron chi connectivity index (χ3n) is 3.26. The minimum absolute atomic E-state index is 0.108. The Labute approximate surface area is 132 Å². The van der Waals surface area contributed by atoms with Gasteiger partial charge in [-0.25, -0.2) is 0 Å². The van der Waals surface area contributed by atoms with E-state index in [-0.39, 0.29) is 25.6 Å². The molecule has 23 heavy (non-hydrogen) atoms. The zero-order valence-corrected chi connectivity index (χ0v) is 12.3. The third kappa shape index (κ3) is 3.82. The molecule has 1 unspecified atom stereocenters. The van der Waals surface area contributed by atoms with Gasteiger partial charge in [0, 0.05) is 0 Å². The van der Waals surface area contributed by atoms with Gasteiger partial charge in [0.1, 0.15) is 12.4 Å². The Morgan fingerprint density at radius 3 is 2.70 bits per heavy atom. The Morgan fingerprint density at radius 2 is 1.91 bits per heavy atom. The predicted molar refractivity (Wildman–Crippen MR) is 79.9 cm³/mol. The summed E-state index contributed by atoms with van der Waals surface area (Å²) < 4.78 is 16.1.